The number of para-hydroxylation sites is 1. The van der Waals surface area contributed by atoms with Crippen LogP contribution in [0.25, 0.3) is 0 Å². The highest BCUT2D eigenvalue weighted by molar-refractivity contribution is 7.52. The van der Waals surface area contributed by atoms with Crippen LogP contribution in [0.4, 0.5) is 0 Å². The zero-order chi connectivity index (χ0) is 24.2. The molecule has 3 fully saturated rings. The molecule has 1 aromatic rings. The minimum Gasteiger partial charge on any atom is -0.462 e. The van der Waals surface area contributed by atoms with Gasteiger partial charge in [0.25, 0.3) is 0 Å². The van der Waals surface area contributed by atoms with Crippen molar-refractivity contribution < 1.29 is 32.7 Å². The maximum absolute atomic E-state index is 13.8. The number of ether oxygens (including phenoxy) is 2. The lowest BCUT2D eigenvalue weighted by Crippen LogP contribution is -2.71. The van der Waals surface area contributed by atoms with Gasteiger partial charge in [-0.2, -0.15) is 5.09 Å². The van der Waals surface area contributed by atoms with E-state index in [1.165, 1.54) is 14.0 Å². The van der Waals surface area contributed by atoms with Gasteiger partial charge in [-0.3, -0.25) is 19.0 Å². The van der Waals surface area contributed by atoms with Gasteiger partial charge in [0, 0.05) is 25.6 Å². The lowest BCUT2D eigenvalue weighted by atomic mass is 9.71. The van der Waals surface area contributed by atoms with Gasteiger partial charge in [-0.1, -0.05) is 18.2 Å². The van der Waals surface area contributed by atoms with Crippen molar-refractivity contribution in [3.05, 3.63) is 30.3 Å². The number of nitrogens with zero attached hydrogens (tertiary/aromatic N) is 1. The SMILES string of the molecule is COC[C@@]1(COP(=O)(N[C@@H](C)C(=O)OC(C)C)Oc2ccccc2)C(=O)[C@@H]2CCN1[C@@H](C)C2. The fraction of sp³-hybridized carbons (Fsp3) is 0.652. The number of esters is 1. The first kappa shape index (κ1) is 25.8. The number of carbonyl (C=O) groups is 2. The number of fused-ring (bicyclic) bond motifs is 3. The predicted octanol–water partition coefficient (Wildman–Crippen LogP) is 3.19. The highest BCUT2D eigenvalue weighted by Gasteiger charge is 2.56. The van der Waals surface area contributed by atoms with Gasteiger partial charge in [-0.15, -0.1) is 0 Å². The normalized spacial score (nSPS) is 29.5. The highest BCUT2D eigenvalue weighted by atomic mass is 31.2. The van der Waals surface area contributed by atoms with E-state index < -0.39 is 25.3 Å². The summed E-state index contributed by atoms with van der Waals surface area (Å²) in [6.45, 7) is 7.72. The van der Waals surface area contributed by atoms with E-state index in [0.717, 1.165) is 19.4 Å². The summed E-state index contributed by atoms with van der Waals surface area (Å²) >= 11 is 0. The van der Waals surface area contributed by atoms with E-state index >= 15 is 0 Å². The molecule has 1 N–H and O–H groups in total. The summed E-state index contributed by atoms with van der Waals surface area (Å²) in [6.07, 6.45) is 1.26. The van der Waals surface area contributed by atoms with Crippen molar-refractivity contribution >= 4 is 19.5 Å². The van der Waals surface area contributed by atoms with Gasteiger partial charge in [-0.25, -0.2) is 4.57 Å². The number of hydrogen-bond donors (Lipinski definition) is 1. The molecule has 1 aromatic carbocycles. The van der Waals surface area contributed by atoms with Crippen molar-refractivity contribution in [3.63, 3.8) is 0 Å². The lowest BCUT2D eigenvalue weighted by molar-refractivity contribution is -0.163. The van der Waals surface area contributed by atoms with Crippen LogP contribution in [0.2, 0.25) is 0 Å². The number of methoxy groups -OCH3 is 1. The molecule has 3 aliphatic heterocycles. The van der Waals surface area contributed by atoms with Crippen LogP contribution in [0.15, 0.2) is 30.3 Å². The first-order valence-electron chi connectivity index (χ1n) is 11.4. The molecule has 3 saturated heterocycles. The topological polar surface area (TPSA) is 103 Å². The molecule has 2 unspecified atom stereocenters. The Morgan fingerprint density at radius 1 is 1.24 bits per heavy atom. The first-order chi connectivity index (χ1) is 15.6. The van der Waals surface area contributed by atoms with Gasteiger partial charge >= 0.3 is 13.7 Å². The maximum Gasteiger partial charge on any atom is 0.459 e. The standard InChI is InChI=1S/C23H35N2O7P/c1-16(2)31-22(27)18(4)24-33(28,32-20-9-7-6-8-10-20)30-15-23(14-29-5)21(26)19-11-12-25(23)17(3)13-19/h6-10,16-19H,11-15H2,1-5H3,(H,24,28)/t17-,18-,19+,23+,33?/m0/s1. The zero-order valence-corrected chi connectivity index (χ0v) is 20.9. The second-order valence-electron chi connectivity index (χ2n) is 9.10. The molecule has 9 nitrogen and oxygen atoms in total. The molecule has 10 heteroatoms. The van der Waals surface area contributed by atoms with Gasteiger partial charge in [0.1, 0.15) is 17.3 Å². The molecule has 0 saturated carbocycles. The van der Waals surface area contributed by atoms with Crippen molar-refractivity contribution in [2.75, 3.05) is 26.9 Å². The summed E-state index contributed by atoms with van der Waals surface area (Å²) in [4.78, 5) is 27.8. The van der Waals surface area contributed by atoms with Crippen LogP contribution in [0.5, 0.6) is 5.75 Å². The molecular weight excluding hydrogens is 447 g/mol. The summed E-state index contributed by atoms with van der Waals surface area (Å²) in [5, 5.41) is 2.68. The minimum atomic E-state index is -4.08. The van der Waals surface area contributed by atoms with Crippen LogP contribution in [0.3, 0.4) is 0 Å². The second kappa shape index (κ2) is 10.7. The fourth-order valence-electron chi connectivity index (χ4n) is 4.68. The summed E-state index contributed by atoms with van der Waals surface area (Å²) in [7, 11) is -2.55. The maximum atomic E-state index is 13.8. The number of piperidine rings is 3. The van der Waals surface area contributed by atoms with Gasteiger partial charge in [0.05, 0.1) is 19.3 Å². The molecule has 6 atom stereocenters. The lowest BCUT2D eigenvalue weighted by Gasteiger charge is -2.55. The summed E-state index contributed by atoms with van der Waals surface area (Å²) in [5.41, 5.74) is -1.06. The van der Waals surface area contributed by atoms with Crippen LogP contribution < -0.4 is 9.61 Å². The average Bonchev–Trinajstić information content (AvgIpc) is 2.76. The molecule has 0 aliphatic carbocycles. The predicted molar refractivity (Wildman–Crippen MR) is 123 cm³/mol. The van der Waals surface area contributed by atoms with Crippen LogP contribution >= 0.6 is 7.75 Å². The largest absolute Gasteiger partial charge is 0.462 e. The molecule has 0 amide bonds. The Morgan fingerprint density at radius 2 is 1.94 bits per heavy atom. The van der Waals surface area contributed by atoms with Crippen molar-refractivity contribution in [2.45, 2.75) is 64.3 Å². The Balaban J connectivity index is 1.85. The summed E-state index contributed by atoms with van der Waals surface area (Å²) < 4.78 is 36.1. The number of nitrogens with one attached hydrogen (secondary N) is 1. The van der Waals surface area contributed by atoms with Crippen LogP contribution in [0.1, 0.15) is 40.5 Å². The van der Waals surface area contributed by atoms with Crippen LogP contribution in [0, 0.1) is 5.92 Å². The average molecular weight is 483 g/mol. The third-order valence-electron chi connectivity index (χ3n) is 6.14. The van der Waals surface area contributed by atoms with Gasteiger partial charge in [-0.05, 0) is 52.7 Å². The van der Waals surface area contributed by atoms with Gasteiger partial charge in [0.15, 0.2) is 5.78 Å². The number of benzene rings is 1. The van der Waals surface area contributed by atoms with Crippen LogP contribution in [-0.4, -0.2) is 67.2 Å². The molecule has 0 aromatic heterocycles. The van der Waals surface area contributed by atoms with E-state index in [9.17, 15) is 14.2 Å². The molecule has 33 heavy (non-hydrogen) atoms. The smallest absolute Gasteiger partial charge is 0.459 e. The van der Waals surface area contributed by atoms with E-state index in [0.29, 0.717) is 5.75 Å². The highest BCUT2D eigenvalue weighted by Crippen LogP contribution is 2.48. The fourth-order valence-corrected chi connectivity index (χ4v) is 6.22. The monoisotopic (exact) mass is 482 g/mol. The molecular formula is C23H35N2O7P. The quantitative estimate of drug-likeness (QED) is 0.376. The Kier molecular flexibility index (Phi) is 8.35. The van der Waals surface area contributed by atoms with Crippen molar-refractivity contribution in [2.24, 2.45) is 5.92 Å². The number of rotatable bonds is 11. The van der Waals surface area contributed by atoms with E-state index in [2.05, 4.69) is 16.9 Å². The minimum absolute atomic E-state index is 0.0345. The molecule has 4 rings (SSSR count). The Hall–Kier alpha value is -1.77. The molecule has 3 aliphatic rings. The number of Topliss-reactive ketones (excluding diaryl/α,β-unsaturated/α-hetero) is 1. The Morgan fingerprint density at radius 3 is 2.55 bits per heavy atom. The summed E-state index contributed by atoms with van der Waals surface area (Å²) in [5.74, 6) is -0.315. The van der Waals surface area contributed by atoms with E-state index in [1.54, 1.807) is 44.2 Å². The summed E-state index contributed by atoms with van der Waals surface area (Å²) in [6, 6.07) is 7.76. The zero-order valence-electron chi connectivity index (χ0n) is 20.0. The Bertz CT molecular complexity index is 881. The van der Waals surface area contributed by atoms with E-state index in [1.807, 2.05) is 0 Å². The van der Waals surface area contributed by atoms with Gasteiger partial charge in [0.2, 0.25) is 0 Å². The number of hydrogen-bond acceptors (Lipinski definition) is 8. The molecule has 184 valence electrons. The molecule has 0 radical (unpaired) electrons. The third-order valence-corrected chi connectivity index (χ3v) is 7.76. The van der Waals surface area contributed by atoms with Crippen LogP contribution in [-0.2, 0) is 28.2 Å². The van der Waals surface area contributed by atoms with E-state index in [-0.39, 0.29) is 37.1 Å². The molecule has 2 bridgehead atoms. The first-order valence-corrected chi connectivity index (χ1v) is 12.9. The van der Waals surface area contributed by atoms with E-state index in [4.69, 9.17) is 18.5 Å². The van der Waals surface area contributed by atoms with Crippen molar-refractivity contribution in [1.82, 2.24) is 9.99 Å². The third kappa shape index (κ3) is 5.84. The van der Waals surface area contributed by atoms with Crippen molar-refractivity contribution in [1.29, 1.82) is 0 Å². The molecule has 0 spiro atoms. The molecule has 3 heterocycles. The number of carbonyl (C=O) groups excluding carboxylic acids is 2. The number of ketones is 1. The van der Waals surface area contributed by atoms with Crippen molar-refractivity contribution in [3.8, 4) is 5.75 Å². The Labute approximate surface area is 195 Å². The second-order valence-corrected chi connectivity index (χ2v) is 10.8. The van der Waals surface area contributed by atoms with Gasteiger partial charge < -0.3 is 14.0 Å².